The van der Waals surface area contributed by atoms with Gasteiger partial charge in [-0.3, -0.25) is 9.69 Å². The van der Waals surface area contributed by atoms with Crippen LogP contribution < -0.4 is 0 Å². The van der Waals surface area contributed by atoms with E-state index in [0.717, 1.165) is 24.2 Å². The van der Waals surface area contributed by atoms with E-state index in [4.69, 9.17) is 0 Å². The Morgan fingerprint density at radius 1 is 1.09 bits per heavy atom. The number of alkyl halides is 3. The van der Waals surface area contributed by atoms with Gasteiger partial charge in [0, 0.05) is 19.1 Å². The van der Waals surface area contributed by atoms with Crippen LogP contribution in [0.3, 0.4) is 0 Å². The van der Waals surface area contributed by atoms with Crippen LogP contribution in [0, 0.1) is 0 Å². The number of carbonyl (C=O) groups is 2. The predicted octanol–water partition coefficient (Wildman–Crippen LogP) is 2.55. The quantitative estimate of drug-likeness (QED) is 0.785. The Morgan fingerprint density at radius 3 is 2.41 bits per heavy atom. The summed E-state index contributed by atoms with van der Waals surface area (Å²) in [6.07, 6.45) is -1.65. The molecule has 2 rings (SSSR count). The topological polar surface area (TPSA) is 49.9 Å². The van der Waals surface area contributed by atoms with Crippen molar-refractivity contribution in [1.29, 1.82) is 0 Å². The number of rotatable bonds is 2. The molecule has 0 aromatic carbocycles. The standard InChI is InChI=1S/C14H21F3N2O3/c1-10-5-2-3-7-18(10)12(20)11-6-4-8-19(11)13(21)22-9-14(15,16)17/h10-11H,2-9H2,1H3/t10-,11-/m1/s1. The molecule has 0 aliphatic carbocycles. The molecular formula is C14H21F3N2O3. The Kier molecular flexibility index (Phi) is 5.18. The van der Waals surface area contributed by atoms with Gasteiger partial charge < -0.3 is 9.64 Å². The third-order valence-corrected chi connectivity index (χ3v) is 4.22. The number of hydrogen-bond donors (Lipinski definition) is 0. The fourth-order valence-corrected chi connectivity index (χ4v) is 3.09. The van der Waals surface area contributed by atoms with Gasteiger partial charge in [0.2, 0.25) is 5.91 Å². The zero-order valence-electron chi connectivity index (χ0n) is 12.6. The number of piperidine rings is 1. The lowest BCUT2D eigenvalue weighted by Gasteiger charge is -2.36. The van der Waals surface area contributed by atoms with E-state index in [1.165, 1.54) is 0 Å². The number of hydrogen-bond acceptors (Lipinski definition) is 3. The number of nitrogens with zero attached hydrogens (tertiary/aromatic N) is 2. The van der Waals surface area contributed by atoms with Crippen molar-refractivity contribution in [1.82, 2.24) is 9.80 Å². The number of amides is 2. The molecule has 2 heterocycles. The normalized spacial score (nSPS) is 26.2. The number of carbonyl (C=O) groups excluding carboxylic acids is 2. The fraction of sp³-hybridized carbons (Fsp3) is 0.857. The van der Waals surface area contributed by atoms with Gasteiger partial charge in [0.15, 0.2) is 6.61 Å². The number of ether oxygens (including phenoxy) is 1. The van der Waals surface area contributed by atoms with Gasteiger partial charge in [-0.1, -0.05) is 0 Å². The summed E-state index contributed by atoms with van der Waals surface area (Å²) in [5.74, 6) is -0.173. The lowest BCUT2D eigenvalue weighted by Crippen LogP contribution is -2.52. The summed E-state index contributed by atoms with van der Waals surface area (Å²) < 4.78 is 40.7. The molecule has 2 aliphatic heterocycles. The molecule has 0 N–H and O–H groups in total. The molecular weight excluding hydrogens is 301 g/mol. The molecule has 0 bridgehead atoms. The molecule has 0 aromatic rings. The van der Waals surface area contributed by atoms with E-state index < -0.39 is 24.9 Å². The average molecular weight is 322 g/mol. The maximum Gasteiger partial charge on any atom is 0.422 e. The van der Waals surface area contributed by atoms with Crippen molar-refractivity contribution in [3.05, 3.63) is 0 Å². The van der Waals surface area contributed by atoms with E-state index >= 15 is 0 Å². The van der Waals surface area contributed by atoms with Gasteiger partial charge in [0.05, 0.1) is 0 Å². The van der Waals surface area contributed by atoms with E-state index in [1.54, 1.807) is 4.90 Å². The summed E-state index contributed by atoms with van der Waals surface area (Å²) >= 11 is 0. The minimum Gasteiger partial charge on any atom is -0.440 e. The van der Waals surface area contributed by atoms with Crippen molar-refractivity contribution in [3.8, 4) is 0 Å². The summed E-state index contributed by atoms with van der Waals surface area (Å²) in [5.41, 5.74) is 0. The van der Waals surface area contributed by atoms with Gasteiger partial charge in [0.1, 0.15) is 6.04 Å². The molecule has 2 aliphatic rings. The summed E-state index contributed by atoms with van der Waals surface area (Å²) in [5, 5.41) is 0. The van der Waals surface area contributed by atoms with Crippen LogP contribution in [-0.2, 0) is 9.53 Å². The maximum atomic E-state index is 12.6. The Morgan fingerprint density at radius 2 is 1.77 bits per heavy atom. The van der Waals surface area contributed by atoms with Crippen LogP contribution in [0.5, 0.6) is 0 Å². The van der Waals surface area contributed by atoms with Crippen molar-refractivity contribution in [2.75, 3.05) is 19.7 Å². The third kappa shape index (κ3) is 4.04. The fourth-order valence-electron chi connectivity index (χ4n) is 3.09. The monoisotopic (exact) mass is 322 g/mol. The minimum atomic E-state index is -4.56. The highest BCUT2D eigenvalue weighted by molar-refractivity contribution is 5.86. The van der Waals surface area contributed by atoms with Crippen LogP contribution in [0.4, 0.5) is 18.0 Å². The summed E-state index contributed by atoms with van der Waals surface area (Å²) in [6, 6.07) is -0.587. The molecule has 22 heavy (non-hydrogen) atoms. The van der Waals surface area contributed by atoms with Crippen molar-refractivity contribution in [2.45, 2.75) is 57.3 Å². The summed E-state index contributed by atoms with van der Waals surface area (Å²) in [6.45, 7) is 1.24. The van der Waals surface area contributed by atoms with E-state index in [-0.39, 0.29) is 18.5 Å². The van der Waals surface area contributed by atoms with Crippen LogP contribution >= 0.6 is 0 Å². The SMILES string of the molecule is C[C@@H]1CCCCN1C(=O)[C@H]1CCCN1C(=O)OCC(F)(F)F. The second kappa shape index (κ2) is 6.75. The molecule has 2 atom stereocenters. The molecule has 0 radical (unpaired) electrons. The summed E-state index contributed by atoms with van der Waals surface area (Å²) in [4.78, 5) is 27.3. The van der Waals surface area contributed by atoms with Gasteiger partial charge >= 0.3 is 12.3 Å². The zero-order valence-corrected chi connectivity index (χ0v) is 12.6. The molecule has 0 unspecified atom stereocenters. The molecule has 2 amide bonds. The molecule has 2 saturated heterocycles. The first kappa shape index (κ1) is 16.9. The average Bonchev–Trinajstić information content (AvgIpc) is 2.93. The smallest absolute Gasteiger partial charge is 0.422 e. The van der Waals surface area contributed by atoms with Crippen LogP contribution in [0.15, 0.2) is 0 Å². The first-order chi connectivity index (χ1) is 10.3. The molecule has 0 saturated carbocycles. The van der Waals surface area contributed by atoms with Gasteiger partial charge in [-0.25, -0.2) is 4.79 Å². The third-order valence-electron chi connectivity index (χ3n) is 4.22. The molecule has 2 fully saturated rings. The molecule has 126 valence electrons. The van der Waals surface area contributed by atoms with Crippen LogP contribution in [0.1, 0.15) is 39.0 Å². The van der Waals surface area contributed by atoms with Crippen LogP contribution in [-0.4, -0.2) is 59.8 Å². The lowest BCUT2D eigenvalue weighted by atomic mass is 10.0. The van der Waals surface area contributed by atoms with Gasteiger partial charge in [-0.2, -0.15) is 13.2 Å². The molecule has 0 aromatic heterocycles. The first-order valence-corrected chi connectivity index (χ1v) is 7.60. The Hall–Kier alpha value is -1.47. The highest BCUT2D eigenvalue weighted by Gasteiger charge is 2.40. The number of halogens is 3. The van der Waals surface area contributed by atoms with Crippen LogP contribution in [0.2, 0.25) is 0 Å². The van der Waals surface area contributed by atoms with Crippen LogP contribution in [0.25, 0.3) is 0 Å². The Balaban J connectivity index is 1.97. The molecule has 5 nitrogen and oxygen atoms in total. The van der Waals surface area contributed by atoms with E-state index in [9.17, 15) is 22.8 Å². The van der Waals surface area contributed by atoms with E-state index in [0.29, 0.717) is 19.4 Å². The van der Waals surface area contributed by atoms with Crippen molar-refractivity contribution in [3.63, 3.8) is 0 Å². The second-order valence-corrected chi connectivity index (χ2v) is 5.90. The minimum absolute atomic E-state index is 0.106. The largest absolute Gasteiger partial charge is 0.440 e. The highest BCUT2D eigenvalue weighted by atomic mass is 19.4. The Bertz CT molecular complexity index is 428. The van der Waals surface area contributed by atoms with E-state index in [2.05, 4.69) is 4.74 Å². The van der Waals surface area contributed by atoms with Gasteiger partial charge in [-0.05, 0) is 39.0 Å². The maximum absolute atomic E-state index is 12.6. The van der Waals surface area contributed by atoms with Crippen molar-refractivity contribution < 1.29 is 27.5 Å². The van der Waals surface area contributed by atoms with Crippen molar-refractivity contribution >= 4 is 12.0 Å². The van der Waals surface area contributed by atoms with Gasteiger partial charge in [0.25, 0.3) is 0 Å². The zero-order chi connectivity index (χ0) is 16.3. The lowest BCUT2D eigenvalue weighted by molar-refractivity contribution is -0.163. The van der Waals surface area contributed by atoms with Crippen molar-refractivity contribution in [2.24, 2.45) is 0 Å². The van der Waals surface area contributed by atoms with E-state index in [1.807, 2.05) is 6.92 Å². The number of likely N-dealkylation sites (tertiary alicyclic amines) is 2. The van der Waals surface area contributed by atoms with Gasteiger partial charge in [-0.15, -0.1) is 0 Å². The second-order valence-electron chi connectivity index (χ2n) is 5.90. The molecule has 8 heteroatoms. The first-order valence-electron chi connectivity index (χ1n) is 7.60. The summed E-state index contributed by atoms with van der Waals surface area (Å²) in [7, 11) is 0. The Labute approximate surface area is 127 Å². The molecule has 0 spiro atoms. The highest BCUT2D eigenvalue weighted by Crippen LogP contribution is 2.25. The predicted molar refractivity (Wildman–Crippen MR) is 72.2 cm³/mol.